The number of ether oxygens (including phenoxy) is 1. The second-order valence-electron chi connectivity index (χ2n) is 2.07. The van der Waals surface area contributed by atoms with Gasteiger partial charge in [-0.1, -0.05) is 18.2 Å². The number of rotatable bonds is 1. The van der Waals surface area contributed by atoms with Gasteiger partial charge in [0, 0.05) is 0 Å². The molecule has 0 spiro atoms. The Kier molecular flexibility index (Phi) is 6.18. The fourth-order valence-electron chi connectivity index (χ4n) is 0.725. The molecule has 0 saturated carbocycles. The molecule has 0 unspecified atom stereocenters. The van der Waals surface area contributed by atoms with Gasteiger partial charge < -0.3 is 10.5 Å². The zero-order chi connectivity index (χ0) is 8.97. The van der Waals surface area contributed by atoms with Crippen LogP contribution in [0.25, 0.3) is 0 Å². The van der Waals surface area contributed by atoms with E-state index >= 15 is 0 Å². The molecule has 0 atom stereocenters. The molecule has 0 aliphatic rings. The predicted molar refractivity (Wildman–Crippen MR) is 48.6 cm³/mol. The summed E-state index contributed by atoms with van der Waals surface area (Å²) >= 11 is 0. The molecule has 1 aromatic carbocycles. The minimum absolute atomic E-state index is 0. The number of carbonyl (C=O) groups is 2. The van der Waals surface area contributed by atoms with Crippen LogP contribution in [0.1, 0.15) is 10.4 Å². The summed E-state index contributed by atoms with van der Waals surface area (Å²) in [4.78, 5) is 21.1. The number of amides is 1. The van der Waals surface area contributed by atoms with Gasteiger partial charge in [0.1, 0.15) is 0 Å². The van der Waals surface area contributed by atoms with Gasteiger partial charge in [0.2, 0.25) is 0 Å². The Morgan fingerprint density at radius 2 is 1.69 bits per heavy atom. The van der Waals surface area contributed by atoms with Crippen molar-refractivity contribution in [1.82, 2.24) is 0 Å². The van der Waals surface area contributed by atoms with Gasteiger partial charge in [0.05, 0.1) is 5.56 Å². The van der Waals surface area contributed by atoms with Crippen LogP contribution in [0.2, 0.25) is 0 Å². The van der Waals surface area contributed by atoms with Gasteiger partial charge in [-0.3, -0.25) is 0 Å². The zero-order valence-corrected chi connectivity index (χ0v) is 6.19. The molecule has 64 valence electrons. The molecule has 0 saturated heterocycles. The molecule has 1 amide bonds. The molecule has 4 nitrogen and oxygen atoms in total. The minimum atomic E-state index is -1.09. The first kappa shape index (κ1) is 12.8. The molecule has 0 fully saturated rings. The number of esters is 1. The average molecular weight is 205 g/mol. The molecule has 2 N–H and O–H groups in total. The number of nitrogens with two attached hydrogens (primary N) is 1. The quantitative estimate of drug-likeness (QED) is 0.406. The molecule has 0 radical (unpaired) electrons. The van der Waals surface area contributed by atoms with Crippen molar-refractivity contribution < 1.29 is 14.3 Å². The second kappa shape index (κ2) is 6.28. The summed E-state index contributed by atoms with van der Waals surface area (Å²) < 4.78 is 4.14. The maximum absolute atomic E-state index is 10.9. The molecule has 0 aliphatic heterocycles. The van der Waals surface area contributed by atoms with Crippen LogP contribution < -0.4 is 5.73 Å². The summed E-state index contributed by atoms with van der Waals surface area (Å²) in [7, 11) is 0. The maximum atomic E-state index is 10.9. The van der Waals surface area contributed by atoms with Crippen molar-refractivity contribution in [2.24, 2.45) is 5.73 Å². The van der Waals surface area contributed by atoms with Crippen LogP contribution in [0.5, 0.6) is 0 Å². The third-order valence-electron chi connectivity index (χ3n) is 1.20. The Labute approximate surface area is 118 Å². The van der Waals surface area contributed by atoms with E-state index in [1.54, 1.807) is 18.2 Å². The van der Waals surface area contributed by atoms with Gasteiger partial charge in [-0.25, -0.2) is 9.59 Å². The molecule has 0 bridgehead atoms. The Balaban J connectivity index is 0.00000144. The predicted octanol–water partition coefficient (Wildman–Crippen LogP) is 0.274. The second-order valence-corrected chi connectivity index (χ2v) is 2.07. The standard InChI is InChI=1S/C8H7NO3.K.H/c9-8(11)12-7(10)6-4-2-1-3-5-6;;/h1-5H,(H2,9,11);;. The summed E-state index contributed by atoms with van der Waals surface area (Å²) in [6.45, 7) is 0. The number of hydrogen-bond acceptors (Lipinski definition) is 3. The SMILES string of the molecule is NC(=O)OC(=O)c1ccccc1.[KH]. The van der Waals surface area contributed by atoms with E-state index in [-0.39, 0.29) is 51.4 Å². The Hall–Kier alpha value is -0.204. The molecule has 5 heteroatoms. The van der Waals surface area contributed by atoms with E-state index in [9.17, 15) is 9.59 Å². The van der Waals surface area contributed by atoms with E-state index in [0.29, 0.717) is 5.56 Å². The van der Waals surface area contributed by atoms with Gasteiger partial charge >= 0.3 is 63.4 Å². The number of primary amides is 1. The monoisotopic (exact) mass is 205 g/mol. The van der Waals surface area contributed by atoms with Crippen molar-refractivity contribution in [2.45, 2.75) is 0 Å². The topological polar surface area (TPSA) is 69.4 Å². The molecule has 0 heterocycles. The molecule has 1 rings (SSSR count). The molecular formula is C8H8KNO3. The Morgan fingerprint density at radius 3 is 2.15 bits per heavy atom. The third-order valence-corrected chi connectivity index (χ3v) is 1.20. The van der Waals surface area contributed by atoms with Gasteiger partial charge in [-0.2, -0.15) is 0 Å². The normalized spacial score (nSPS) is 8.31. The van der Waals surface area contributed by atoms with Crippen molar-refractivity contribution in [3.05, 3.63) is 35.9 Å². The van der Waals surface area contributed by atoms with E-state index in [4.69, 9.17) is 0 Å². The van der Waals surface area contributed by atoms with Crippen LogP contribution in [0.15, 0.2) is 30.3 Å². The van der Waals surface area contributed by atoms with Crippen LogP contribution in [0, 0.1) is 0 Å². The number of hydrogen-bond donors (Lipinski definition) is 1. The number of carbonyl (C=O) groups excluding carboxylic acids is 2. The van der Waals surface area contributed by atoms with E-state index in [1.807, 2.05) is 0 Å². The summed E-state index contributed by atoms with van der Waals surface area (Å²) in [5.41, 5.74) is 4.95. The van der Waals surface area contributed by atoms with E-state index in [0.717, 1.165) is 0 Å². The Bertz CT molecular complexity index is 300. The summed E-state index contributed by atoms with van der Waals surface area (Å²) in [5, 5.41) is 0. The van der Waals surface area contributed by atoms with Gasteiger partial charge in [-0.05, 0) is 12.1 Å². The first-order chi connectivity index (χ1) is 5.70. The first-order valence-electron chi connectivity index (χ1n) is 3.27. The van der Waals surface area contributed by atoms with Crippen molar-refractivity contribution in [1.29, 1.82) is 0 Å². The van der Waals surface area contributed by atoms with Gasteiger partial charge in [-0.15, -0.1) is 0 Å². The van der Waals surface area contributed by atoms with Crippen molar-refractivity contribution in [3.8, 4) is 0 Å². The van der Waals surface area contributed by atoms with Crippen LogP contribution in [-0.4, -0.2) is 63.4 Å². The third kappa shape index (κ3) is 4.54. The van der Waals surface area contributed by atoms with Gasteiger partial charge in [0.15, 0.2) is 0 Å². The molecule has 13 heavy (non-hydrogen) atoms. The number of benzene rings is 1. The van der Waals surface area contributed by atoms with Crippen LogP contribution >= 0.6 is 0 Å². The molecule has 0 aliphatic carbocycles. The Morgan fingerprint density at radius 1 is 1.15 bits per heavy atom. The van der Waals surface area contributed by atoms with Crippen molar-refractivity contribution in [3.63, 3.8) is 0 Å². The summed E-state index contributed by atoms with van der Waals surface area (Å²) in [6, 6.07) is 8.15. The average Bonchev–Trinajstić information content (AvgIpc) is 2.05. The van der Waals surface area contributed by atoms with Gasteiger partial charge in [0.25, 0.3) is 0 Å². The van der Waals surface area contributed by atoms with Crippen LogP contribution in [0.4, 0.5) is 4.79 Å². The fraction of sp³-hybridized carbons (Fsp3) is 0. The van der Waals surface area contributed by atoms with Crippen LogP contribution in [0.3, 0.4) is 0 Å². The molecule has 0 aromatic heterocycles. The zero-order valence-electron chi connectivity index (χ0n) is 6.19. The van der Waals surface area contributed by atoms with E-state index in [1.165, 1.54) is 12.1 Å². The summed E-state index contributed by atoms with van der Waals surface area (Å²) in [6.07, 6.45) is -1.09. The first-order valence-corrected chi connectivity index (χ1v) is 3.27. The van der Waals surface area contributed by atoms with Crippen molar-refractivity contribution in [2.75, 3.05) is 0 Å². The van der Waals surface area contributed by atoms with Crippen molar-refractivity contribution >= 4 is 63.4 Å². The fourth-order valence-corrected chi connectivity index (χ4v) is 0.725. The van der Waals surface area contributed by atoms with Crippen LogP contribution in [-0.2, 0) is 4.74 Å². The summed E-state index contributed by atoms with van der Waals surface area (Å²) in [5.74, 6) is -0.733. The van der Waals surface area contributed by atoms with E-state index < -0.39 is 12.1 Å². The molecular weight excluding hydrogens is 197 g/mol. The molecule has 1 aromatic rings. The van der Waals surface area contributed by atoms with E-state index in [2.05, 4.69) is 10.5 Å².